The minimum atomic E-state index is 0.602. The summed E-state index contributed by atoms with van der Waals surface area (Å²) in [5, 5.41) is 8.60. The summed E-state index contributed by atoms with van der Waals surface area (Å²) in [7, 11) is 0. The first kappa shape index (κ1) is 26.5. The normalized spacial score (nSPS) is 12.7. The van der Waals surface area contributed by atoms with Crippen LogP contribution < -0.4 is 21.3 Å². The Bertz CT molecular complexity index is 2710. The number of para-hydroxylation sites is 4. The van der Waals surface area contributed by atoms with Crippen LogP contribution in [0.25, 0.3) is 54.1 Å². The van der Waals surface area contributed by atoms with Gasteiger partial charge in [-0.1, -0.05) is 84.9 Å². The monoisotopic (exact) mass is 616 g/mol. The molecule has 0 amide bonds. The molecule has 0 aliphatic carbocycles. The lowest BCUT2D eigenvalue weighted by molar-refractivity contribution is 1.17. The van der Waals surface area contributed by atoms with E-state index in [1.165, 1.54) is 5.39 Å². The van der Waals surface area contributed by atoms with Crippen molar-refractivity contribution in [2.24, 2.45) is 0 Å². The lowest BCUT2D eigenvalue weighted by Gasteiger charge is -2.40. The molecule has 10 rings (SSSR count). The third-order valence-corrected chi connectivity index (χ3v) is 9.76. The smallest absolute Gasteiger partial charge is 0.0972 e. The van der Waals surface area contributed by atoms with E-state index in [9.17, 15) is 0 Å². The average Bonchev–Trinajstić information content (AvgIpc) is 3.15. The van der Waals surface area contributed by atoms with Crippen LogP contribution >= 0.6 is 0 Å². The molecule has 0 atom stereocenters. The van der Waals surface area contributed by atoms with Gasteiger partial charge in [0, 0.05) is 45.3 Å². The third kappa shape index (κ3) is 3.62. The Morgan fingerprint density at radius 3 is 1.29 bits per heavy atom. The summed E-state index contributed by atoms with van der Waals surface area (Å²) in [5.41, 5.74) is 22.7. The quantitative estimate of drug-likeness (QED) is 0.114. The van der Waals surface area contributed by atoms with Gasteiger partial charge < -0.3 is 21.3 Å². The van der Waals surface area contributed by atoms with Crippen molar-refractivity contribution >= 4 is 99.6 Å². The average molecular weight is 617 g/mol. The molecule has 0 saturated carbocycles. The first-order chi connectivity index (χ1) is 23.7. The molecule has 1 aromatic heterocycles. The van der Waals surface area contributed by atoms with Gasteiger partial charge in [0.1, 0.15) is 0 Å². The molecule has 6 nitrogen and oxygen atoms in total. The van der Waals surface area contributed by atoms with Gasteiger partial charge in [0.05, 0.1) is 45.2 Å². The predicted octanol–water partition coefficient (Wildman–Crippen LogP) is 10.7. The van der Waals surface area contributed by atoms with E-state index in [1.807, 2.05) is 18.2 Å². The van der Waals surface area contributed by atoms with Gasteiger partial charge in [0.25, 0.3) is 0 Å². The molecule has 8 aromatic carbocycles. The molecule has 9 aromatic rings. The summed E-state index contributed by atoms with van der Waals surface area (Å²) in [5.74, 6) is 0. The Labute approximate surface area is 276 Å². The fraction of sp³-hybridized carbons (Fsp3) is 0. The van der Waals surface area contributed by atoms with Crippen LogP contribution in [0, 0.1) is 0 Å². The molecule has 2 heterocycles. The number of hydrogen-bond donors (Lipinski definition) is 2. The van der Waals surface area contributed by atoms with Crippen molar-refractivity contribution in [3.05, 3.63) is 146 Å². The number of benzene rings is 8. The molecule has 48 heavy (non-hydrogen) atoms. The molecule has 0 radical (unpaired) electrons. The Hall–Kier alpha value is -6.66. The van der Waals surface area contributed by atoms with E-state index in [4.69, 9.17) is 21.4 Å². The van der Waals surface area contributed by atoms with Crippen molar-refractivity contribution in [3.8, 4) is 0 Å². The fourth-order valence-corrected chi connectivity index (χ4v) is 7.63. The van der Waals surface area contributed by atoms with Gasteiger partial charge in [-0.2, -0.15) is 0 Å². The lowest BCUT2D eigenvalue weighted by atomic mass is 9.97. The minimum Gasteiger partial charge on any atom is -0.397 e. The van der Waals surface area contributed by atoms with Gasteiger partial charge in [-0.25, -0.2) is 0 Å². The molecule has 4 N–H and O–H groups in total. The maximum absolute atomic E-state index is 6.73. The summed E-state index contributed by atoms with van der Waals surface area (Å²) in [6, 6.07) is 46.9. The highest BCUT2D eigenvalue weighted by Gasteiger charge is 2.30. The van der Waals surface area contributed by atoms with Crippen molar-refractivity contribution in [3.63, 3.8) is 0 Å². The summed E-state index contributed by atoms with van der Waals surface area (Å²) in [6.45, 7) is 0. The summed E-state index contributed by atoms with van der Waals surface area (Å²) >= 11 is 0. The highest BCUT2D eigenvalue weighted by Crippen LogP contribution is 2.55. The molecule has 0 fully saturated rings. The standard InChI is InChI=1S/C42H28N6/c43-39-31-11-3-1-9-27(31)29-19-17-25(23-33(29)40(39)44)47-35-13-5-7-15-37(35)48(38-16-8-6-14-36(38)47)26-18-20-30-28-10-2-4-12-32(28)41-42(34(30)24-26)46-22-21-45-41/h1-24H,43-44H2. The molecular formula is C42H28N6. The van der Waals surface area contributed by atoms with Crippen molar-refractivity contribution in [2.45, 2.75) is 0 Å². The number of nitrogens with zero attached hydrogens (tertiary/aromatic N) is 4. The predicted molar refractivity (Wildman–Crippen MR) is 201 cm³/mol. The maximum atomic E-state index is 6.73. The number of fused-ring (bicyclic) bond motifs is 11. The Kier molecular flexibility index (Phi) is 5.49. The first-order valence-corrected chi connectivity index (χ1v) is 16.0. The largest absolute Gasteiger partial charge is 0.397 e. The second-order valence-electron chi connectivity index (χ2n) is 12.3. The molecular weight excluding hydrogens is 589 g/mol. The van der Waals surface area contributed by atoms with Gasteiger partial charge >= 0.3 is 0 Å². The van der Waals surface area contributed by atoms with E-state index in [2.05, 4.69) is 125 Å². The summed E-state index contributed by atoms with van der Waals surface area (Å²) < 4.78 is 0. The molecule has 0 saturated heterocycles. The molecule has 6 heteroatoms. The molecule has 226 valence electrons. The number of hydrogen-bond acceptors (Lipinski definition) is 6. The molecule has 1 aliphatic heterocycles. The lowest BCUT2D eigenvalue weighted by Crippen LogP contribution is -2.23. The zero-order valence-corrected chi connectivity index (χ0v) is 25.8. The van der Waals surface area contributed by atoms with Gasteiger partial charge in [0.15, 0.2) is 0 Å². The van der Waals surface area contributed by atoms with Crippen molar-refractivity contribution in [2.75, 3.05) is 21.3 Å². The second-order valence-corrected chi connectivity index (χ2v) is 12.3. The Morgan fingerprint density at radius 1 is 0.354 bits per heavy atom. The minimum absolute atomic E-state index is 0.602. The fourth-order valence-electron chi connectivity index (χ4n) is 7.63. The number of aromatic nitrogens is 2. The maximum Gasteiger partial charge on any atom is 0.0972 e. The van der Waals surface area contributed by atoms with Gasteiger partial charge in [0.2, 0.25) is 0 Å². The van der Waals surface area contributed by atoms with Crippen LogP contribution in [-0.4, -0.2) is 9.97 Å². The Morgan fingerprint density at radius 2 is 0.729 bits per heavy atom. The van der Waals surface area contributed by atoms with E-state index < -0.39 is 0 Å². The van der Waals surface area contributed by atoms with Crippen LogP contribution in [0.15, 0.2) is 146 Å². The van der Waals surface area contributed by atoms with Crippen LogP contribution in [0.4, 0.5) is 45.5 Å². The molecule has 0 spiro atoms. The van der Waals surface area contributed by atoms with E-state index in [0.29, 0.717) is 11.4 Å². The van der Waals surface area contributed by atoms with Crippen LogP contribution in [0.1, 0.15) is 0 Å². The summed E-state index contributed by atoms with van der Waals surface area (Å²) in [6.07, 6.45) is 3.55. The van der Waals surface area contributed by atoms with Gasteiger partial charge in [-0.15, -0.1) is 0 Å². The first-order valence-electron chi connectivity index (χ1n) is 16.0. The number of rotatable bonds is 2. The van der Waals surface area contributed by atoms with E-state index >= 15 is 0 Å². The van der Waals surface area contributed by atoms with Gasteiger partial charge in [-0.3, -0.25) is 9.97 Å². The number of nitrogen functional groups attached to an aromatic ring is 2. The van der Waals surface area contributed by atoms with Crippen LogP contribution in [0.5, 0.6) is 0 Å². The molecule has 1 aliphatic rings. The zero-order chi connectivity index (χ0) is 31.9. The van der Waals surface area contributed by atoms with Gasteiger partial charge in [-0.05, 0) is 70.1 Å². The zero-order valence-electron chi connectivity index (χ0n) is 25.8. The highest BCUT2D eigenvalue weighted by molar-refractivity contribution is 6.24. The van der Waals surface area contributed by atoms with E-state index in [-0.39, 0.29) is 0 Å². The van der Waals surface area contributed by atoms with E-state index in [0.717, 1.165) is 82.9 Å². The van der Waals surface area contributed by atoms with Crippen LogP contribution in [0.3, 0.4) is 0 Å². The number of nitrogens with two attached hydrogens (primary N) is 2. The van der Waals surface area contributed by atoms with Crippen molar-refractivity contribution in [1.82, 2.24) is 9.97 Å². The summed E-state index contributed by atoms with van der Waals surface area (Å²) in [4.78, 5) is 14.3. The van der Waals surface area contributed by atoms with Crippen LogP contribution in [0.2, 0.25) is 0 Å². The van der Waals surface area contributed by atoms with E-state index in [1.54, 1.807) is 12.4 Å². The third-order valence-electron chi connectivity index (χ3n) is 9.76. The van der Waals surface area contributed by atoms with Crippen LogP contribution in [-0.2, 0) is 0 Å². The molecule has 0 unspecified atom stereocenters. The second kappa shape index (κ2) is 9.92. The molecule has 0 bridgehead atoms. The van der Waals surface area contributed by atoms with Crippen molar-refractivity contribution in [1.29, 1.82) is 0 Å². The topological polar surface area (TPSA) is 84.3 Å². The van der Waals surface area contributed by atoms with Crippen molar-refractivity contribution < 1.29 is 0 Å². The highest BCUT2D eigenvalue weighted by atomic mass is 15.3. The Balaban J connectivity index is 1.20. The number of anilines is 8. The SMILES string of the molecule is Nc1c(N)c2cc(N3c4ccccc4N(c4ccc5c6ccccc6c6nccnc6c5c4)c4ccccc43)ccc2c2ccccc12.